The summed E-state index contributed by atoms with van der Waals surface area (Å²) in [5.74, 6) is 2.15. The summed E-state index contributed by atoms with van der Waals surface area (Å²) < 4.78 is 11.0. The van der Waals surface area contributed by atoms with Gasteiger partial charge in [-0.1, -0.05) is 109 Å². The standard InChI is InChI=1S/C45H46N4O.Pt/c1-8-14-39-43(33-19-17-30(9-2)18-20-33)44(45(5,6)7)49(47-39)34-25-32(11-4)26-36(28-34)50-35-21-22-38-37-15-12-13-16-40(37)48(41(38)29-35)42-27-31(10-3)23-24-46-42;/h12-13,15-27H,8-11,14H2,1-7H3;/q-2;+2. The van der Waals surface area contributed by atoms with Gasteiger partial charge in [0.25, 0.3) is 0 Å². The van der Waals surface area contributed by atoms with Crippen LogP contribution in [0.4, 0.5) is 0 Å². The van der Waals surface area contributed by atoms with Gasteiger partial charge in [-0.05, 0) is 65.2 Å². The van der Waals surface area contributed by atoms with Crippen molar-refractivity contribution < 1.29 is 25.8 Å². The molecule has 0 atom stereocenters. The minimum atomic E-state index is -0.176. The zero-order chi connectivity index (χ0) is 35.0. The molecule has 7 rings (SSSR count). The average molecular weight is 854 g/mol. The van der Waals surface area contributed by atoms with E-state index in [0.29, 0.717) is 11.5 Å². The van der Waals surface area contributed by atoms with Crippen LogP contribution >= 0.6 is 0 Å². The molecule has 0 N–H and O–H groups in total. The maximum Gasteiger partial charge on any atom is 2.00 e. The Hall–Kier alpha value is -4.47. The Balaban J connectivity index is 0.00000448. The molecule has 6 heteroatoms. The van der Waals surface area contributed by atoms with E-state index in [2.05, 4.69) is 149 Å². The number of fused-ring (bicyclic) bond motifs is 3. The third-order valence-electron chi connectivity index (χ3n) is 9.56. The average Bonchev–Trinajstić information content (AvgIpc) is 3.68. The summed E-state index contributed by atoms with van der Waals surface area (Å²) in [4.78, 5) is 4.78. The predicted molar refractivity (Wildman–Crippen MR) is 206 cm³/mol. The second-order valence-corrected chi connectivity index (χ2v) is 14.1. The first kappa shape index (κ1) is 36.3. The molecule has 0 radical (unpaired) electrons. The quantitative estimate of drug-likeness (QED) is 0.129. The van der Waals surface area contributed by atoms with E-state index in [0.717, 1.165) is 76.7 Å². The maximum absolute atomic E-state index is 6.66. The predicted octanol–water partition coefficient (Wildman–Crippen LogP) is 11.4. The fourth-order valence-electron chi connectivity index (χ4n) is 7.00. The summed E-state index contributed by atoms with van der Waals surface area (Å²) in [5, 5.41) is 7.58. The Morgan fingerprint density at radius 3 is 2.18 bits per heavy atom. The molecule has 0 amide bonds. The molecule has 51 heavy (non-hydrogen) atoms. The van der Waals surface area contributed by atoms with E-state index in [-0.39, 0.29) is 26.5 Å². The molecule has 262 valence electrons. The fourth-order valence-corrected chi connectivity index (χ4v) is 7.00. The minimum Gasteiger partial charge on any atom is -0.509 e. The van der Waals surface area contributed by atoms with Crippen molar-refractivity contribution in [1.82, 2.24) is 19.3 Å². The summed E-state index contributed by atoms with van der Waals surface area (Å²) in [7, 11) is 0. The second kappa shape index (κ2) is 15.0. The van der Waals surface area contributed by atoms with Crippen molar-refractivity contribution in [3.05, 3.63) is 131 Å². The van der Waals surface area contributed by atoms with Crippen LogP contribution in [0.15, 0.2) is 91.1 Å². The first-order valence-corrected chi connectivity index (χ1v) is 18.1. The van der Waals surface area contributed by atoms with Gasteiger partial charge in [-0.3, -0.25) is 4.68 Å². The van der Waals surface area contributed by atoms with Crippen LogP contribution in [0.1, 0.15) is 83.0 Å². The van der Waals surface area contributed by atoms with Crippen molar-refractivity contribution in [3.63, 3.8) is 0 Å². The number of hydrogen-bond donors (Lipinski definition) is 0. The first-order valence-electron chi connectivity index (χ1n) is 18.1. The molecule has 0 spiro atoms. The number of aryl methyl sites for hydroxylation is 4. The molecule has 3 aromatic heterocycles. The summed E-state index contributed by atoms with van der Waals surface area (Å²) in [6.07, 6.45) is 6.62. The van der Waals surface area contributed by atoms with Gasteiger partial charge in [0, 0.05) is 34.2 Å². The molecule has 0 saturated carbocycles. The maximum atomic E-state index is 6.66. The van der Waals surface area contributed by atoms with E-state index in [4.69, 9.17) is 14.8 Å². The van der Waals surface area contributed by atoms with Gasteiger partial charge in [-0.15, -0.1) is 35.7 Å². The molecule has 0 bridgehead atoms. The summed E-state index contributed by atoms with van der Waals surface area (Å²) in [6.45, 7) is 15.6. The summed E-state index contributed by atoms with van der Waals surface area (Å²) in [6, 6.07) is 37.4. The Bertz CT molecular complexity index is 2310. The van der Waals surface area contributed by atoms with Gasteiger partial charge in [0.05, 0.1) is 11.4 Å². The van der Waals surface area contributed by atoms with Gasteiger partial charge in [-0.25, -0.2) is 4.98 Å². The third kappa shape index (κ3) is 7.06. The van der Waals surface area contributed by atoms with Gasteiger partial charge in [0.15, 0.2) is 0 Å². The summed E-state index contributed by atoms with van der Waals surface area (Å²) >= 11 is 0. The molecular weight excluding hydrogens is 808 g/mol. The van der Waals surface area contributed by atoms with Crippen molar-refractivity contribution in [3.8, 4) is 34.1 Å². The van der Waals surface area contributed by atoms with Gasteiger partial charge in [0.1, 0.15) is 5.82 Å². The Morgan fingerprint density at radius 1 is 0.725 bits per heavy atom. The number of para-hydroxylation sites is 1. The van der Waals surface area contributed by atoms with Crippen molar-refractivity contribution in [2.75, 3.05) is 0 Å². The molecule has 0 fully saturated rings. The van der Waals surface area contributed by atoms with Crippen LogP contribution in [-0.4, -0.2) is 19.3 Å². The molecule has 5 nitrogen and oxygen atoms in total. The Labute approximate surface area is 317 Å². The van der Waals surface area contributed by atoms with Crippen LogP contribution in [0.5, 0.6) is 11.5 Å². The summed E-state index contributed by atoms with van der Waals surface area (Å²) in [5.41, 5.74) is 11.2. The van der Waals surface area contributed by atoms with Crippen LogP contribution in [0.2, 0.25) is 0 Å². The molecular formula is C45H46N4OPt. The normalized spacial score (nSPS) is 11.7. The van der Waals surface area contributed by atoms with E-state index < -0.39 is 0 Å². The smallest absolute Gasteiger partial charge is 0.509 e. The van der Waals surface area contributed by atoms with Crippen LogP contribution in [-0.2, 0) is 52.2 Å². The van der Waals surface area contributed by atoms with Gasteiger partial charge < -0.3 is 9.30 Å². The largest absolute Gasteiger partial charge is 2.00 e. The van der Waals surface area contributed by atoms with E-state index in [9.17, 15) is 0 Å². The van der Waals surface area contributed by atoms with E-state index >= 15 is 0 Å². The number of rotatable bonds is 10. The van der Waals surface area contributed by atoms with Gasteiger partial charge >= 0.3 is 21.1 Å². The molecule has 4 aromatic carbocycles. The zero-order valence-corrected chi connectivity index (χ0v) is 33.0. The number of benzene rings is 4. The Kier molecular flexibility index (Phi) is 10.7. The number of ether oxygens (including phenoxy) is 1. The fraction of sp³-hybridized carbons (Fsp3) is 0.289. The first-order chi connectivity index (χ1) is 24.2. The van der Waals surface area contributed by atoms with Crippen molar-refractivity contribution in [2.24, 2.45) is 0 Å². The van der Waals surface area contributed by atoms with Gasteiger partial charge in [0.2, 0.25) is 0 Å². The minimum absolute atomic E-state index is 0. The Morgan fingerprint density at radius 2 is 1.47 bits per heavy atom. The molecule has 0 saturated heterocycles. The SMILES string of the molecule is CCCc1nn(-c2[c-]c(Oc3[c-]c4c(cc3)c3ccccc3n4-c3cc(CC)ccn3)cc(CC)c2)c(C(C)(C)C)c1-c1ccc(CC)cc1.[Pt+2]. The molecule has 0 aliphatic heterocycles. The van der Waals surface area contributed by atoms with E-state index in [1.165, 1.54) is 27.9 Å². The topological polar surface area (TPSA) is 44.9 Å². The molecule has 7 aromatic rings. The van der Waals surface area contributed by atoms with Crippen LogP contribution in [0, 0.1) is 12.1 Å². The van der Waals surface area contributed by atoms with E-state index in [1.54, 1.807) is 0 Å². The van der Waals surface area contributed by atoms with Gasteiger partial charge in [-0.2, -0.15) is 16.7 Å². The molecule has 3 heterocycles. The third-order valence-corrected chi connectivity index (χ3v) is 9.56. The van der Waals surface area contributed by atoms with Crippen molar-refractivity contribution in [2.45, 2.75) is 86.0 Å². The second-order valence-electron chi connectivity index (χ2n) is 14.1. The molecule has 0 aliphatic carbocycles. The van der Waals surface area contributed by atoms with Crippen LogP contribution in [0.25, 0.3) is 44.4 Å². The van der Waals surface area contributed by atoms with Crippen LogP contribution < -0.4 is 4.74 Å². The van der Waals surface area contributed by atoms with Crippen molar-refractivity contribution in [1.29, 1.82) is 0 Å². The number of aromatic nitrogens is 4. The monoisotopic (exact) mass is 853 g/mol. The zero-order valence-electron chi connectivity index (χ0n) is 30.7. The number of hydrogen-bond acceptors (Lipinski definition) is 3. The number of nitrogens with zero attached hydrogens (tertiary/aromatic N) is 4. The number of pyridine rings is 1. The van der Waals surface area contributed by atoms with Crippen molar-refractivity contribution >= 4 is 21.8 Å². The molecule has 0 aliphatic rings. The molecule has 0 unspecified atom stereocenters. The van der Waals surface area contributed by atoms with Crippen LogP contribution in [0.3, 0.4) is 0 Å². The van der Waals surface area contributed by atoms with E-state index in [1.807, 2.05) is 12.3 Å².